The summed E-state index contributed by atoms with van der Waals surface area (Å²) in [7, 11) is 0. The summed E-state index contributed by atoms with van der Waals surface area (Å²) in [5.74, 6) is -1.62. The standard InChI is InChI=1S/C14H24N4O4S2/c1-8(19)16-10(7-24)14(22)18-5-3-2-4-11(18)13(21)17-9(6-23)12(15)20/h9-11,23-24H,2-7H2,1H3,(H2,15,20)(H,16,19)(H,17,21). The first-order valence-corrected chi connectivity index (χ1v) is 8.97. The molecule has 3 atom stereocenters. The van der Waals surface area contributed by atoms with Crippen LogP contribution in [0.1, 0.15) is 26.2 Å². The number of nitrogens with two attached hydrogens (primary N) is 1. The highest BCUT2D eigenvalue weighted by Crippen LogP contribution is 2.19. The van der Waals surface area contributed by atoms with E-state index in [1.807, 2.05) is 0 Å². The molecule has 10 heteroatoms. The smallest absolute Gasteiger partial charge is 0.246 e. The normalized spacial score (nSPS) is 20.0. The van der Waals surface area contributed by atoms with Crippen LogP contribution in [-0.2, 0) is 19.2 Å². The highest BCUT2D eigenvalue weighted by atomic mass is 32.1. The summed E-state index contributed by atoms with van der Waals surface area (Å²) in [6, 6.07) is -2.39. The molecule has 1 aliphatic rings. The molecule has 1 fully saturated rings. The lowest BCUT2D eigenvalue weighted by Gasteiger charge is -2.37. The molecule has 1 aliphatic heterocycles. The minimum Gasteiger partial charge on any atom is -0.368 e. The van der Waals surface area contributed by atoms with Crippen molar-refractivity contribution in [2.75, 3.05) is 18.1 Å². The molecule has 4 amide bonds. The van der Waals surface area contributed by atoms with Crippen molar-refractivity contribution < 1.29 is 19.2 Å². The van der Waals surface area contributed by atoms with Crippen molar-refractivity contribution in [3.63, 3.8) is 0 Å². The van der Waals surface area contributed by atoms with E-state index >= 15 is 0 Å². The van der Waals surface area contributed by atoms with Gasteiger partial charge in [-0.2, -0.15) is 25.3 Å². The number of hydrogen-bond donors (Lipinski definition) is 5. The molecular weight excluding hydrogens is 352 g/mol. The number of amides is 4. The van der Waals surface area contributed by atoms with E-state index in [1.54, 1.807) is 0 Å². The van der Waals surface area contributed by atoms with Gasteiger partial charge in [0.2, 0.25) is 23.6 Å². The Morgan fingerprint density at radius 1 is 1.12 bits per heavy atom. The van der Waals surface area contributed by atoms with Gasteiger partial charge in [-0.25, -0.2) is 0 Å². The van der Waals surface area contributed by atoms with Crippen molar-refractivity contribution in [2.24, 2.45) is 5.73 Å². The molecular formula is C14H24N4O4S2. The van der Waals surface area contributed by atoms with Gasteiger partial charge in [-0.1, -0.05) is 0 Å². The SMILES string of the molecule is CC(=O)NC(CS)C(=O)N1CCCCC1C(=O)NC(CS)C(N)=O. The summed E-state index contributed by atoms with van der Waals surface area (Å²) < 4.78 is 0. The molecule has 0 aromatic heterocycles. The number of nitrogens with one attached hydrogen (secondary N) is 2. The monoisotopic (exact) mass is 376 g/mol. The minimum absolute atomic E-state index is 0.0763. The molecule has 3 unspecified atom stereocenters. The molecule has 8 nitrogen and oxygen atoms in total. The molecule has 136 valence electrons. The van der Waals surface area contributed by atoms with Crippen LogP contribution in [0.25, 0.3) is 0 Å². The van der Waals surface area contributed by atoms with Crippen molar-refractivity contribution in [1.29, 1.82) is 0 Å². The number of nitrogens with zero attached hydrogens (tertiary/aromatic N) is 1. The third-order valence-corrected chi connectivity index (χ3v) is 4.52. The Morgan fingerprint density at radius 2 is 1.75 bits per heavy atom. The van der Waals surface area contributed by atoms with E-state index in [0.717, 1.165) is 12.8 Å². The summed E-state index contributed by atoms with van der Waals surface area (Å²) in [6.07, 6.45) is 2.03. The molecule has 0 radical (unpaired) electrons. The number of carbonyl (C=O) groups is 4. The first kappa shape index (κ1) is 20.6. The van der Waals surface area contributed by atoms with Crippen LogP contribution in [0.5, 0.6) is 0 Å². The molecule has 1 saturated heterocycles. The first-order valence-electron chi connectivity index (χ1n) is 7.70. The van der Waals surface area contributed by atoms with Crippen LogP contribution in [0, 0.1) is 0 Å². The molecule has 4 N–H and O–H groups in total. The van der Waals surface area contributed by atoms with Gasteiger partial charge in [-0.05, 0) is 19.3 Å². The number of rotatable bonds is 7. The van der Waals surface area contributed by atoms with E-state index in [4.69, 9.17) is 5.73 Å². The Bertz CT molecular complexity index is 503. The van der Waals surface area contributed by atoms with Crippen LogP contribution in [-0.4, -0.2) is 64.7 Å². The zero-order valence-electron chi connectivity index (χ0n) is 13.5. The summed E-state index contributed by atoms with van der Waals surface area (Å²) in [5.41, 5.74) is 5.20. The maximum Gasteiger partial charge on any atom is 0.246 e. The lowest BCUT2D eigenvalue weighted by atomic mass is 10.00. The van der Waals surface area contributed by atoms with E-state index in [2.05, 4.69) is 35.9 Å². The number of carbonyl (C=O) groups excluding carboxylic acids is 4. The van der Waals surface area contributed by atoms with E-state index in [1.165, 1.54) is 11.8 Å². The topological polar surface area (TPSA) is 122 Å². The number of hydrogen-bond acceptors (Lipinski definition) is 6. The molecule has 24 heavy (non-hydrogen) atoms. The van der Waals surface area contributed by atoms with E-state index in [9.17, 15) is 19.2 Å². The Labute approximate surface area is 152 Å². The van der Waals surface area contributed by atoms with Crippen LogP contribution in [0.15, 0.2) is 0 Å². The highest BCUT2D eigenvalue weighted by Gasteiger charge is 2.36. The van der Waals surface area contributed by atoms with Crippen LogP contribution < -0.4 is 16.4 Å². The lowest BCUT2D eigenvalue weighted by Crippen LogP contribution is -2.59. The first-order chi connectivity index (χ1) is 11.3. The zero-order valence-corrected chi connectivity index (χ0v) is 15.3. The summed E-state index contributed by atoms with van der Waals surface area (Å²) in [4.78, 5) is 49.0. The van der Waals surface area contributed by atoms with Gasteiger partial charge in [0, 0.05) is 25.0 Å². The van der Waals surface area contributed by atoms with Gasteiger partial charge in [-0.15, -0.1) is 0 Å². The summed E-state index contributed by atoms with van der Waals surface area (Å²) in [5, 5.41) is 5.06. The minimum atomic E-state index is -0.893. The van der Waals surface area contributed by atoms with Gasteiger partial charge in [0.25, 0.3) is 0 Å². The maximum atomic E-state index is 12.6. The maximum absolute atomic E-state index is 12.6. The quantitative estimate of drug-likeness (QED) is 0.355. The van der Waals surface area contributed by atoms with Crippen LogP contribution in [0.4, 0.5) is 0 Å². The fourth-order valence-corrected chi connectivity index (χ4v) is 3.09. The number of primary amides is 1. The zero-order chi connectivity index (χ0) is 18.3. The number of thiol groups is 2. The Kier molecular flexibility index (Phi) is 8.40. The van der Waals surface area contributed by atoms with Crippen LogP contribution in [0.2, 0.25) is 0 Å². The van der Waals surface area contributed by atoms with Crippen molar-refractivity contribution in [3.05, 3.63) is 0 Å². The van der Waals surface area contributed by atoms with Crippen molar-refractivity contribution in [3.8, 4) is 0 Å². The summed E-state index contributed by atoms with van der Waals surface area (Å²) in [6.45, 7) is 1.72. The fraction of sp³-hybridized carbons (Fsp3) is 0.714. The molecule has 0 aliphatic carbocycles. The second kappa shape index (κ2) is 9.77. The molecule has 0 aromatic rings. The van der Waals surface area contributed by atoms with Gasteiger partial charge in [0.05, 0.1) is 0 Å². The Balaban J connectivity index is 2.87. The molecule has 1 rings (SSSR count). The summed E-state index contributed by atoms with van der Waals surface area (Å²) >= 11 is 8.08. The average Bonchev–Trinajstić information content (AvgIpc) is 2.56. The predicted molar refractivity (Wildman–Crippen MR) is 95.8 cm³/mol. The van der Waals surface area contributed by atoms with Gasteiger partial charge >= 0.3 is 0 Å². The van der Waals surface area contributed by atoms with E-state index in [0.29, 0.717) is 13.0 Å². The number of piperidine rings is 1. The largest absolute Gasteiger partial charge is 0.368 e. The van der Waals surface area contributed by atoms with Gasteiger partial charge < -0.3 is 21.3 Å². The van der Waals surface area contributed by atoms with Crippen LogP contribution in [0.3, 0.4) is 0 Å². The third-order valence-electron chi connectivity index (χ3n) is 3.79. The van der Waals surface area contributed by atoms with Crippen LogP contribution >= 0.6 is 25.3 Å². The second-order valence-corrected chi connectivity index (χ2v) is 6.36. The van der Waals surface area contributed by atoms with Gasteiger partial charge in [0.15, 0.2) is 0 Å². The van der Waals surface area contributed by atoms with Gasteiger partial charge in [-0.3, -0.25) is 19.2 Å². The van der Waals surface area contributed by atoms with Crippen molar-refractivity contribution in [2.45, 2.75) is 44.3 Å². The molecule has 0 aromatic carbocycles. The second-order valence-electron chi connectivity index (χ2n) is 5.63. The van der Waals surface area contributed by atoms with Crippen molar-refractivity contribution in [1.82, 2.24) is 15.5 Å². The fourth-order valence-electron chi connectivity index (χ4n) is 2.57. The third kappa shape index (κ3) is 5.59. The Hall–Kier alpha value is -1.42. The predicted octanol–water partition coefficient (Wildman–Crippen LogP) is -1.30. The van der Waals surface area contributed by atoms with Crippen molar-refractivity contribution >= 4 is 48.9 Å². The van der Waals surface area contributed by atoms with E-state index < -0.39 is 29.9 Å². The van der Waals surface area contributed by atoms with Gasteiger partial charge in [0.1, 0.15) is 18.1 Å². The van der Waals surface area contributed by atoms with E-state index in [-0.39, 0.29) is 23.3 Å². The Morgan fingerprint density at radius 3 is 2.25 bits per heavy atom. The molecule has 0 saturated carbocycles. The molecule has 0 bridgehead atoms. The lowest BCUT2D eigenvalue weighted by molar-refractivity contribution is -0.144. The number of likely N-dealkylation sites (tertiary alicyclic amines) is 1. The molecule has 1 heterocycles. The highest BCUT2D eigenvalue weighted by molar-refractivity contribution is 7.80. The average molecular weight is 377 g/mol. The molecule has 0 spiro atoms.